The highest BCUT2D eigenvalue weighted by Crippen LogP contribution is 2.47. The first-order valence-corrected chi connectivity index (χ1v) is 9.66. The Balaban J connectivity index is 2.07. The summed E-state index contributed by atoms with van der Waals surface area (Å²) >= 11 is 0. The summed E-state index contributed by atoms with van der Waals surface area (Å²) in [4.78, 5) is 13.2. The second-order valence-electron chi connectivity index (χ2n) is 8.52. The molecule has 5 nitrogen and oxygen atoms in total. The summed E-state index contributed by atoms with van der Waals surface area (Å²) in [5.41, 5.74) is 10.0. The molecule has 142 valence electrons. The highest BCUT2D eigenvalue weighted by Gasteiger charge is 2.36. The van der Waals surface area contributed by atoms with Crippen LogP contribution in [0, 0.1) is 11.3 Å². The van der Waals surface area contributed by atoms with E-state index in [4.69, 9.17) is 16.1 Å². The number of carbonyl (C=O) groups is 1. The standard InChI is InChI=1S/C22H28N4O/c1-14(2)26-21(18(27)11-12-22(3,4)24)19(16-9-10-16)20(25-26)17-7-5-15(13-23)6-8-17/h5-8,14,16H,9-12,24H2,1-4H3. The van der Waals surface area contributed by atoms with Crippen LogP contribution in [-0.4, -0.2) is 21.1 Å². The third-order valence-electron chi connectivity index (χ3n) is 4.97. The van der Waals surface area contributed by atoms with Gasteiger partial charge in [0, 0.05) is 29.1 Å². The molecule has 2 aromatic rings. The van der Waals surface area contributed by atoms with Crippen LogP contribution < -0.4 is 5.73 Å². The first-order chi connectivity index (χ1) is 12.7. The molecule has 2 N–H and O–H groups in total. The van der Waals surface area contributed by atoms with E-state index in [1.54, 1.807) is 12.1 Å². The second-order valence-corrected chi connectivity index (χ2v) is 8.52. The van der Waals surface area contributed by atoms with Gasteiger partial charge in [-0.2, -0.15) is 10.4 Å². The maximum atomic E-state index is 13.2. The molecule has 1 fully saturated rings. The molecule has 1 saturated carbocycles. The predicted octanol–water partition coefficient (Wildman–Crippen LogP) is 4.58. The number of nitriles is 1. The summed E-state index contributed by atoms with van der Waals surface area (Å²) in [5, 5.41) is 13.9. The summed E-state index contributed by atoms with van der Waals surface area (Å²) in [5.74, 6) is 0.518. The Kier molecular flexibility index (Phi) is 5.21. The maximum Gasteiger partial charge on any atom is 0.181 e. The minimum absolute atomic E-state index is 0.0967. The number of aromatic nitrogens is 2. The quantitative estimate of drug-likeness (QED) is 0.729. The molecule has 1 heterocycles. The molecule has 1 aliphatic carbocycles. The van der Waals surface area contributed by atoms with Crippen LogP contribution >= 0.6 is 0 Å². The number of benzene rings is 1. The van der Waals surface area contributed by atoms with E-state index in [0.29, 0.717) is 24.3 Å². The van der Waals surface area contributed by atoms with Crippen molar-refractivity contribution in [3.05, 3.63) is 41.1 Å². The van der Waals surface area contributed by atoms with E-state index < -0.39 is 0 Å². The molecular weight excluding hydrogens is 336 g/mol. The summed E-state index contributed by atoms with van der Waals surface area (Å²) in [6.45, 7) is 8.00. The van der Waals surface area contributed by atoms with E-state index in [1.165, 1.54) is 0 Å². The zero-order chi connectivity index (χ0) is 19.8. The van der Waals surface area contributed by atoms with Gasteiger partial charge in [-0.15, -0.1) is 0 Å². The van der Waals surface area contributed by atoms with E-state index in [1.807, 2.05) is 30.7 Å². The molecule has 27 heavy (non-hydrogen) atoms. The fourth-order valence-electron chi connectivity index (χ4n) is 3.33. The number of ketones is 1. The van der Waals surface area contributed by atoms with Crippen LogP contribution in [0.1, 0.15) is 87.0 Å². The van der Waals surface area contributed by atoms with Gasteiger partial charge in [0.25, 0.3) is 0 Å². The monoisotopic (exact) mass is 364 g/mol. The van der Waals surface area contributed by atoms with Crippen LogP contribution in [0.5, 0.6) is 0 Å². The fourth-order valence-corrected chi connectivity index (χ4v) is 3.33. The van der Waals surface area contributed by atoms with Gasteiger partial charge in [0.1, 0.15) is 5.69 Å². The Labute approximate surface area is 161 Å². The third kappa shape index (κ3) is 4.28. The average molecular weight is 364 g/mol. The van der Waals surface area contributed by atoms with Gasteiger partial charge >= 0.3 is 0 Å². The van der Waals surface area contributed by atoms with Gasteiger partial charge in [0.05, 0.1) is 17.3 Å². The van der Waals surface area contributed by atoms with Crippen molar-refractivity contribution in [2.75, 3.05) is 0 Å². The summed E-state index contributed by atoms with van der Waals surface area (Å²) in [6, 6.07) is 9.70. The van der Waals surface area contributed by atoms with Crippen LogP contribution in [0.25, 0.3) is 11.3 Å². The molecule has 0 atom stereocenters. The van der Waals surface area contributed by atoms with Crippen molar-refractivity contribution in [2.45, 2.75) is 70.9 Å². The normalized spacial score (nSPS) is 14.4. The number of carbonyl (C=O) groups excluding carboxylic acids is 1. The Morgan fingerprint density at radius 3 is 2.44 bits per heavy atom. The number of rotatable bonds is 7. The number of hydrogen-bond acceptors (Lipinski definition) is 4. The topological polar surface area (TPSA) is 84.7 Å². The first kappa shape index (κ1) is 19.3. The van der Waals surface area contributed by atoms with Crippen LogP contribution in [0.2, 0.25) is 0 Å². The van der Waals surface area contributed by atoms with Gasteiger partial charge in [-0.25, -0.2) is 0 Å². The van der Waals surface area contributed by atoms with Crippen molar-refractivity contribution in [2.24, 2.45) is 5.73 Å². The lowest BCUT2D eigenvalue weighted by Gasteiger charge is -2.18. The van der Waals surface area contributed by atoms with Crippen molar-refractivity contribution in [3.63, 3.8) is 0 Å². The Morgan fingerprint density at radius 2 is 1.96 bits per heavy atom. The third-order valence-corrected chi connectivity index (χ3v) is 4.97. The van der Waals surface area contributed by atoms with Crippen LogP contribution in [0.4, 0.5) is 0 Å². The average Bonchev–Trinajstić information content (AvgIpc) is 3.38. The summed E-state index contributed by atoms with van der Waals surface area (Å²) in [6.07, 6.45) is 3.26. The van der Waals surface area contributed by atoms with Crippen molar-refractivity contribution in [1.82, 2.24) is 9.78 Å². The second kappa shape index (κ2) is 7.28. The molecule has 5 heteroatoms. The number of nitrogens with zero attached hydrogens (tertiary/aromatic N) is 3. The van der Waals surface area contributed by atoms with Gasteiger partial charge in [0.2, 0.25) is 0 Å². The van der Waals surface area contributed by atoms with Gasteiger partial charge < -0.3 is 5.73 Å². The molecule has 0 radical (unpaired) electrons. The van der Waals surface area contributed by atoms with Crippen molar-refractivity contribution in [1.29, 1.82) is 5.26 Å². The minimum atomic E-state index is -0.367. The Hall–Kier alpha value is -2.45. The van der Waals surface area contributed by atoms with Gasteiger partial charge in [-0.3, -0.25) is 9.48 Å². The predicted molar refractivity (Wildman–Crippen MR) is 107 cm³/mol. The molecule has 0 bridgehead atoms. The number of hydrogen-bond donors (Lipinski definition) is 1. The Morgan fingerprint density at radius 1 is 1.33 bits per heavy atom. The van der Waals surface area contributed by atoms with Crippen LogP contribution in [0.15, 0.2) is 24.3 Å². The molecule has 0 saturated heterocycles. The molecule has 0 spiro atoms. The van der Waals surface area contributed by atoms with Crippen LogP contribution in [-0.2, 0) is 0 Å². The summed E-state index contributed by atoms with van der Waals surface area (Å²) < 4.78 is 1.88. The van der Waals surface area contributed by atoms with Gasteiger partial charge in [0.15, 0.2) is 5.78 Å². The highest BCUT2D eigenvalue weighted by molar-refractivity contribution is 5.98. The fraction of sp³-hybridized carbons (Fsp3) is 0.500. The summed E-state index contributed by atoms with van der Waals surface area (Å²) in [7, 11) is 0. The first-order valence-electron chi connectivity index (χ1n) is 9.66. The molecule has 0 unspecified atom stereocenters. The van der Waals surface area contributed by atoms with E-state index >= 15 is 0 Å². The zero-order valence-electron chi connectivity index (χ0n) is 16.6. The van der Waals surface area contributed by atoms with Crippen molar-refractivity contribution in [3.8, 4) is 17.3 Å². The smallest absolute Gasteiger partial charge is 0.181 e. The molecular formula is C22H28N4O. The van der Waals surface area contributed by atoms with Crippen LogP contribution in [0.3, 0.4) is 0 Å². The maximum absolute atomic E-state index is 13.2. The molecule has 0 amide bonds. The lowest BCUT2D eigenvalue weighted by atomic mass is 9.94. The van der Waals surface area contributed by atoms with E-state index in [0.717, 1.165) is 35.4 Å². The van der Waals surface area contributed by atoms with E-state index in [2.05, 4.69) is 19.9 Å². The SMILES string of the molecule is CC(C)n1nc(-c2ccc(C#N)cc2)c(C2CC2)c1C(=O)CCC(C)(C)N. The van der Waals surface area contributed by atoms with Crippen molar-refractivity contribution >= 4 is 5.78 Å². The van der Waals surface area contributed by atoms with E-state index in [9.17, 15) is 4.79 Å². The molecule has 0 aliphatic heterocycles. The number of Topliss-reactive ketones (excluding diaryl/α,β-unsaturated/α-hetero) is 1. The van der Waals surface area contributed by atoms with E-state index in [-0.39, 0.29) is 17.4 Å². The van der Waals surface area contributed by atoms with Gasteiger partial charge in [-0.1, -0.05) is 12.1 Å². The minimum Gasteiger partial charge on any atom is -0.326 e. The number of nitrogens with two attached hydrogens (primary N) is 1. The lowest BCUT2D eigenvalue weighted by molar-refractivity contribution is 0.0959. The van der Waals surface area contributed by atoms with Gasteiger partial charge in [-0.05, 0) is 65.0 Å². The van der Waals surface area contributed by atoms with Crippen molar-refractivity contribution < 1.29 is 4.79 Å². The molecule has 3 rings (SSSR count). The molecule has 1 aromatic carbocycles. The largest absolute Gasteiger partial charge is 0.326 e. The molecule has 1 aliphatic rings. The highest BCUT2D eigenvalue weighted by atomic mass is 16.1. The lowest BCUT2D eigenvalue weighted by Crippen LogP contribution is -2.32. The zero-order valence-corrected chi connectivity index (χ0v) is 16.6. The molecule has 1 aromatic heterocycles. The Bertz CT molecular complexity index is 875.